The van der Waals surface area contributed by atoms with E-state index in [1.165, 1.54) is 0 Å². The maximum Gasteiger partial charge on any atom is 0.245 e. The molecule has 6 N–H and O–H groups in total. The molecule has 0 rings (SSSR count). The third-order valence-electron chi connectivity index (χ3n) is 5.84. The summed E-state index contributed by atoms with van der Waals surface area (Å²) in [5.74, 6) is -2.76. The number of unbranched alkanes of at least 4 members (excludes halogenated alkanes) is 2. The fraction of sp³-hybridized carbons (Fsp3) is 0.840. The van der Waals surface area contributed by atoms with Crippen molar-refractivity contribution in [3.05, 3.63) is 0 Å². The first kappa shape index (κ1) is 33.1. The number of Topliss-reactive ketones (excluding diaryl/α,β-unsaturated/α-hetero) is 2. The predicted molar refractivity (Wildman–Crippen MR) is 133 cm³/mol. The molecule has 2 amide bonds. The lowest BCUT2D eigenvalue weighted by Gasteiger charge is -2.20. The highest BCUT2D eigenvalue weighted by atomic mass is 16.5. The first-order chi connectivity index (χ1) is 16.8. The van der Waals surface area contributed by atoms with Gasteiger partial charge in [-0.25, -0.2) is 0 Å². The van der Waals surface area contributed by atoms with E-state index in [0.29, 0.717) is 65.0 Å². The molecule has 10 heteroatoms. The Bertz CT molecular complexity index is 616. The van der Waals surface area contributed by atoms with Crippen molar-refractivity contribution in [2.75, 3.05) is 46.1 Å². The van der Waals surface area contributed by atoms with Gasteiger partial charge in [0.15, 0.2) is 0 Å². The van der Waals surface area contributed by atoms with Crippen LogP contribution in [0, 0.1) is 17.8 Å². The Kier molecular flexibility index (Phi) is 20.3. The van der Waals surface area contributed by atoms with E-state index in [0.717, 1.165) is 12.8 Å². The van der Waals surface area contributed by atoms with Crippen LogP contribution in [0.1, 0.15) is 71.6 Å². The lowest BCUT2D eigenvalue weighted by atomic mass is 9.84. The average molecular weight is 502 g/mol. The molecule has 10 nitrogen and oxygen atoms in total. The van der Waals surface area contributed by atoms with Crippen LogP contribution >= 0.6 is 0 Å². The topological polar surface area (TPSA) is 171 Å². The molecule has 0 aliphatic carbocycles. The van der Waals surface area contributed by atoms with Gasteiger partial charge in [0.2, 0.25) is 11.8 Å². The van der Waals surface area contributed by atoms with E-state index in [1.54, 1.807) is 6.92 Å². The molecule has 0 aliphatic rings. The highest BCUT2D eigenvalue weighted by molar-refractivity contribution is 5.91. The van der Waals surface area contributed by atoms with Gasteiger partial charge in [0, 0.05) is 43.7 Å². The van der Waals surface area contributed by atoms with Gasteiger partial charge in [0.1, 0.15) is 18.2 Å². The van der Waals surface area contributed by atoms with Crippen LogP contribution in [0.25, 0.3) is 0 Å². The molecule has 0 aromatic heterocycles. The number of rotatable bonds is 24. The molecule has 0 spiro atoms. The number of primary amides is 1. The van der Waals surface area contributed by atoms with Crippen molar-refractivity contribution in [3.8, 4) is 0 Å². The maximum absolute atomic E-state index is 13.0. The van der Waals surface area contributed by atoms with E-state index in [-0.39, 0.29) is 43.5 Å². The summed E-state index contributed by atoms with van der Waals surface area (Å²) in [5, 5.41) is 12.0. The van der Waals surface area contributed by atoms with E-state index in [1.807, 2.05) is 6.92 Å². The van der Waals surface area contributed by atoms with Gasteiger partial charge in [-0.1, -0.05) is 26.7 Å². The Labute approximate surface area is 209 Å². The number of aliphatic hydroxyl groups is 1. The Morgan fingerprint density at radius 2 is 1.51 bits per heavy atom. The van der Waals surface area contributed by atoms with Gasteiger partial charge in [0.25, 0.3) is 0 Å². The fourth-order valence-corrected chi connectivity index (χ4v) is 3.54. The minimum absolute atomic E-state index is 0.00139. The zero-order valence-electron chi connectivity index (χ0n) is 21.6. The van der Waals surface area contributed by atoms with Crippen LogP contribution in [0.3, 0.4) is 0 Å². The molecular weight excluding hydrogens is 454 g/mol. The second-order valence-electron chi connectivity index (χ2n) is 9.02. The molecule has 0 unspecified atom stereocenters. The van der Waals surface area contributed by atoms with E-state index in [2.05, 4.69) is 5.32 Å². The number of hydrogen-bond acceptors (Lipinski definition) is 8. The van der Waals surface area contributed by atoms with Crippen molar-refractivity contribution >= 4 is 23.4 Å². The third kappa shape index (κ3) is 17.2. The molecule has 0 aliphatic heterocycles. The molecule has 0 saturated heterocycles. The highest BCUT2D eigenvalue weighted by Crippen LogP contribution is 2.23. The number of nitrogens with one attached hydrogen (secondary N) is 1. The second kappa shape index (κ2) is 21.4. The number of carbonyl (C=O) groups is 4. The minimum Gasteiger partial charge on any atom is -0.396 e. The van der Waals surface area contributed by atoms with Crippen molar-refractivity contribution in [2.45, 2.75) is 71.6 Å². The highest BCUT2D eigenvalue weighted by Gasteiger charge is 2.27. The summed E-state index contributed by atoms with van der Waals surface area (Å²) >= 11 is 0. The van der Waals surface area contributed by atoms with Crippen LogP contribution in [-0.2, 0) is 28.7 Å². The average Bonchev–Trinajstić information content (AvgIpc) is 2.83. The molecule has 0 bridgehead atoms. The Hall–Kier alpha value is -1.88. The fourth-order valence-electron chi connectivity index (χ4n) is 3.54. The van der Waals surface area contributed by atoms with Crippen LogP contribution in [-0.4, -0.2) is 74.6 Å². The van der Waals surface area contributed by atoms with Gasteiger partial charge in [-0.15, -0.1) is 0 Å². The molecule has 0 aromatic rings. The van der Waals surface area contributed by atoms with E-state index >= 15 is 0 Å². The maximum atomic E-state index is 13.0. The predicted octanol–water partition coefficient (Wildman–Crippen LogP) is 1.11. The molecule has 0 saturated carbocycles. The Balaban J connectivity index is 4.59. The van der Waals surface area contributed by atoms with Crippen LogP contribution in [0.2, 0.25) is 0 Å². The monoisotopic (exact) mass is 501 g/mol. The van der Waals surface area contributed by atoms with Gasteiger partial charge < -0.3 is 31.4 Å². The summed E-state index contributed by atoms with van der Waals surface area (Å²) < 4.78 is 10.5. The molecule has 0 fully saturated rings. The molecule has 0 aromatic carbocycles. The lowest BCUT2D eigenvalue weighted by molar-refractivity contribution is -0.132. The summed E-state index contributed by atoms with van der Waals surface area (Å²) in [7, 11) is 0. The van der Waals surface area contributed by atoms with Crippen LogP contribution in [0.4, 0.5) is 0 Å². The zero-order chi connectivity index (χ0) is 26.5. The molecule has 35 heavy (non-hydrogen) atoms. The van der Waals surface area contributed by atoms with Gasteiger partial charge in [0.05, 0.1) is 19.8 Å². The molecule has 0 radical (unpaired) electrons. The lowest BCUT2D eigenvalue weighted by Crippen LogP contribution is -2.30. The van der Waals surface area contributed by atoms with Crippen LogP contribution < -0.4 is 16.8 Å². The number of carbonyl (C=O) groups excluding carboxylic acids is 4. The van der Waals surface area contributed by atoms with Crippen molar-refractivity contribution < 1.29 is 33.8 Å². The first-order valence-electron chi connectivity index (χ1n) is 12.8. The quantitative estimate of drug-likeness (QED) is 0.142. The summed E-state index contributed by atoms with van der Waals surface area (Å²) in [6.45, 7) is 5.74. The van der Waals surface area contributed by atoms with Gasteiger partial charge in [-0.2, -0.15) is 0 Å². The summed E-state index contributed by atoms with van der Waals surface area (Å²) in [6.07, 6.45) is 4.61. The van der Waals surface area contributed by atoms with E-state index in [9.17, 15) is 24.3 Å². The van der Waals surface area contributed by atoms with Crippen LogP contribution in [0.5, 0.6) is 0 Å². The van der Waals surface area contributed by atoms with Gasteiger partial charge in [-0.3, -0.25) is 19.2 Å². The SMILES string of the molecule is CCCOCCOCC(=O)NCCCC[C@H](CC(=O)[C@H](C)CO)C(=O)C[C@@H](CCCCN)C(N)=O. The summed E-state index contributed by atoms with van der Waals surface area (Å²) in [4.78, 5) is 49.0. The van der Waals surface area contributed by atoms with Gasteiger partial charge >= 0.3 is 0 Å². The Morgan fingerprint density at radius 1 is 0.886 bits per heavy atom. The summed E-state index contributed by atoms with van der Waals surface area (Å²) in [6, 6.07) is 0. The normalized spacial score (nSPS) is 13.7. The molecule has 204 valence electrons. The number of ether oxygens (including phenoxy) is 2. The van der Waals surface area contributed by atoms with Crippen molar-refractivity contribution in [3.63, 3.8) is 0 Å². The number of amides is 2. The Morgan fingerprint density at radius 3 is 2.14 bits per heavy atom. The summed E-state index contributed by atoms with van der Waals surface area (Å²) in [5.41, 5.74) is 11.0. The second-order valence-corrected chi connectivity index (χ2v) is 9.02. The van der Waals surface area contributed by atoms with Crippen molar-refractivity contribution in [1.82, 2.24) is 5.32 Å². The first-order valence-corrected chi connectivity index (χ1v) is 12.8. The van der Waals surface area contributed by atoms with Crippen molar-refractivity contribution in [1.29, 1.82) is 0 Å². The zero-order valence-corrected chi connectivity index (χ0v) is 21.6. The van der Waals surface area contributed by atoms with E-state index in [4.69, 9.17) is 20.9 Å². The standard InChI is InChI=1S/C25H47N3O7/c1-3-12-34-13-14-35-18-24(32)28-11-7-5-8-20(15-22(30)19(2)17-29)23(31)16-21(25(27)33)9-4-6-10-26/h19-21,29H,3-18,26H2,1-2H3,(H2,27,33)(H,28,32)/t19-,20-,21-/m1/s1. The largest absolute Gasteiger partial charge is 0.396 e. The van der Waals surface area contributed by atoms with Gasteiger partial charge in [-0.05, 0) is 38.6 Å². The number of aliphatic hydroxyl groups excluding tert-OH is 1. The number of ketones is 2. The minimum atomic E-state index is -0.575. The molecular formula is C25H47N3O7. The van der Waals surface area contributed by atoms with Crippen LogP contribution in [0.15, 0.2) is 0 Å². The number of hydrogen-bond donors (Lipinski definition) is 4. The van der Waals surface area contributed by atoms with E-state index < -0.39 is 23.7 Å². The number of nitrogens with two attached hydrogens (primary N) is 2. The van der Waals surface area contributed by atoms with Crippen molar-refractivity contribution in [2.24, 2.45) is 29.2 Å². The molecule has 3 atom stereocenters. The third-order valence-corrected chi connectivity index (χ3v) is 5.84. The molecule has 0 heterocycles. The smallest absolute Gasteiger partial charge is 0.245 e.